The summed E-state index contributed by atoms with van der Waals surface area (Å²) in [6.45, 7) is 1.81. The van der Waals surface area contributed by atoms with Crippen molar-refractivity contribution in [3.8, 4) is 17.1 Å². The summed E-state index contributed by atoms with van der Waals surface area (Å²) in [5, 5.41) is 16.4. The molecule has 0 amide bonds. The number of H-pyrrole nitrogens is 1. The second-order valence-corrected chi connectivity index (χ2v) is 4.41. The van der Waals surface area contributed by atoms with Crippen molar-refractivity contribution >= 4 is 15.9 Å². The van der Waals surface area contributed by atoms with Gasteiger partial charge in [-0.25, -0.2) is 4.98 Å². The van der Waals surface area contributed by atoms with E-state index in [9.17, 15) is 5.11 Å². The van der Waals surface area contributed by atoms with Crippen LogP contribution in [0.5, 0.6) is 5.75 Å². The van der Waals surface area contributed by atoms with E-state index in [1.165, 1.54) is 0 Å². The maximum Gasteiger partial charge on any atom is 0.184 e. The van der Waals surface area contributed by atoms with Crippen molar-refractivity contribution in [1.29, 1.82) is 0 Å². The van der Waals surface area contributed by atoms with E-state index in [1.54, 1.807) is 18.2 Å². The van der Waals surface area contributed by atoms with E-state index >= 15 is 0 Å². The Hall–Kier alpha value is -1.40. The fraction of sp³-hybridized carbons (Fsp3) is 0.200. The molecule has 0 spiro atoms. The Balaban J connectivity index is 2.46. The van der Waals surface area contributed by atoms with Crippen LogP contribution in [0.3, 0.4) is 0 Å². The Bertz CT molecular complexity index is 509. The number of rotatable bonds is 2. The zero-order chi connectivity index (χ0) is 11.7. The lowest BCUT2D eigenvalue weighted by Crippen LogP contribution is -2.06. The third kappa shape index (κ3) is 2.07. The van der Waals surface area contributed by atoms with Crippen LogP contribution in [0, 0.1) is 0 Å². The standard InChI is InChI=1S/C10H11BrN4O/c1-5(12)9-13-10(15-14-9)7-4-6(11)2-3-8(7)16/h2-5,16H,12H2,1H3,(H,13,14,15)/t5-/m0/s1. The van der Waals surface area contributed by atoms with Gasteiger partial charge in [-0.05, 0) is 25.1 Å². The van der Waals surface area contributed by atoms with E-state index in [0.717, 1.165) is 4.47 Å². The second kappa shape index (κ2) is 4.23. The third-order valence-corrected chi connectivity index (χ3v) is 2.63. The van der Waals surface area contributed by atoms with E-state index < -0.39 is 0 Å². The molecule has 0 unspecified atom stereocenters. The molecular weight excluding hydrogens is 272 g/mol. The van der Waals surface area contributed by atoms with Crippen molar-refractivity contribution in [2.45, 2.75) is 13.0 Å². The van der Waals surface area contributed by atoms with Gasteiger partial charge in [-0.1, -0.05) is 15.9 Å². The molecular formula is C10H11BrN4O. The minimum atomic E-state index is -0.212. The fourth-order valence-electron chi connectivity index (χ4n) is 1.29. The Kier molecular flexibility index (Phi) is 2.93. The smallest absolute Gasteiger partial charge is 0.184 e. The molecule has 0 aliphatic rings. The first-order valence-electron chi connectivity index (χ1n) is 4.74. The van der Waals surface area contributed by atoms with E-state index in [0.29, 0.717) is 17.2 Å². The summed E-state index contributed by atoms with van der Waals surface area (Å²) in [6.07, 6.45) is 0. The van der Waals surface area contributed by atoms with Crippen LogP contribution in [-0.4, -0.2) is 20.3 Å². The predicted octanol–water partition coefficient (Wildman–Crippen LogP) is 1.96. The molecule has 5 nitrogen and oxygen atoms in total. The summed E-state index contributed by atoms with van der Waals surface area (Å²) in [5.74, 6) is 1.17. The zero-order valence-corrected chi connectivity index (χ0v) is 10.2. The predicted molar refractivity (Wildman–Crippen MR) is 63.8 cm³/mol. The summed E-state index contributed by atoms with van der Waals surface area (Å²) >= 11 is 3.33. The zero-order valence-electron chi connectivity index (χ0n) is 8.61. The number of hydrogen-bond acceptors (Lipinski definition) is 4. The maximum atomic E-state index is 9.69. The van der Waals surface area contributed by atoms with E-state index in [-0.39, 0.29) is 11.8 Å². The van der Waals surface area contributed by atoms with Gasteiger partial charge in [0.05, 0.1) is 11.6 Å². The SMILES string of the molecule is C[C@H](N)c1nc(-c2cc(Br)ccc2O)n[nH]1. The molecule has 6 heteroatoms. The average molecular weight is 283 g/mol. The van der Waals surface area contributed by atoms with Gasteiger partial charge in [0.25, 0.3) is 0 Å². The normalized spacial score (nSPS) is 12.7. The van der Waals surface area contributed by atoms with Crippen molar-refractivity contribution in [1.82, 2.24) is 15.2 Å². The highest BCUT2D eigenvalue weighted by Crippen LogP contribution is 2.29. The molecule has 84 valence electrons. The van der Waals surface area contributed by atoms with Crippen LogP contribution in [0.1, 0.15) is 18.8 Å². The highest BCUT2D eigenvalue weighted by atomic mass is 79.9. The summed E-state index contributed by atoms with van der Waals surface area (Å²) in [5.41, 5.74) is 6.23. The number of aromatic nitrogens is 3. The van der Waals surface area contributed by atoms with Crippen LogP contribution in [0.2, 0.25) is 0 Å². The van der Waals surface area contributed by atoms with Gasteiger partial charge in [0.1, 0.15) is 11.6 Å². The monoisotopic (exact) mass is 282 g/mol. The molecule has 0 fully saturated rings. The quantitative estimate of drug-likeness (QED) is 0.786. The Morgan fingerprint density at radius 3 is 2.88 bits per heavy atom. The highest BCUT2D eigenvalue weighted by Gasteiger charge is 2.12. The first-order chi connectivity index (χ1) is 7.58. The largest absolute Gasteiger partial charge is 0.507 e. The topological polar surface area (TPSA) is 87.8 Å². The van der Waals surface area contributed by atoms with Crippen molar-refractivity contribution in [3.05, 3.63) is 28.5 Å². The van der Waals surface area contributed by atoms with E-state index in [1.807, 2.05) is 6.92 Å². The number of halogens is 1. The van der Waals surface area contributed by atoms with Crippen LogP contribution in [0.4, 0.5) is 0 Å². The van der Waals surface area contributed by atoms with Gasteiger partial charge < -0.3 is 10.8 Å². The Morgan fingerprint density at radius 1 is 1.50 bits per heavy atom. The highest BCUT2D eigenvalue weighted by molar-refractivity contribution is 9.10. The average Bonchev–Trinajstić information content (AvgIpc) is 2.70. The lowest BCUT2D eigenvalue weighted by Gasteiger charge is -2.00. The molecule has 0 saturated carbocycles. The van der Waals surface area contributed by atoms with Gasteiger partial charge in [-0.2, -0.15) is 5.10 Å². The van der Waals surface area contributed by atoms with Crippen molar-refractivity contribution in [2.24, 2.45) is 5.73 Å². The number of nitrogens with zero attached hydrogens (tertiary/aromatic N) is 2. The Labute approximate surface area is 101 Å². The number of hydrogen-bond donors (Lipinski definition) is 3. The molecule has 4 N–H and O–H groups in total. The number of nitrogens with two attached hydrogens (primary N) is 1. The van der Waals surface area contributed by atoms with Gasteiger partial charge in [0.2, 0.25) is 0 Å². The molecule has 0 radical (unpaired) electrons. The van der Waals surface area contributed by atoms with Gasteiger partial charge >= 0.3 is 0 Å². The molecule has 0 saturated heterocycles. The van der Waals surface area contributed by atoms with Gasteiger partial charge in [-0.15, -0.1) is 0 Å². The molecule has 2 rings (SSSR count). The van der Waals surface area contributed by atoms with Crippen LogP contribution in [0.25, 0.3) is 11.4 Å². The summed E-state index contributed by atoms with van der Waals surface area (Å²) in [4.78, 5) is 4.21. The molecule has 1 heterocycles. The van der Waals surface area contributed by atoms with Crippen molar-refractivity contribution in [3.63, 3.8) is 0 Å². The first kappa shape index (κ1) is 11.1. The molecule has 16 heavy (non-hydrogen) atoms. The van der Waals surface area contributed by atoms with Gasteiger partial charge in [0.15, 0.2) is 5.82 Å². The summed E-state index contributed by atoms with van der Waals surface area (Å²) in [6, 6.07) is 4.87. The molecule has 1 aromatic carbocycles. The summed E-state index contributed by atoms with van der Waals surface area (Å²) < 4.78 is 0.854. The van der Waals surface area contributed by atoms with Crippen LogP contribution < -0.4 is 5.73 Å². The van der Waals surface area contributed by atoms with Gasteiger partial charge in [-0.3, -0.25) is 5.10 Å². The molecule has 2 aromatic rings. The Morgan fingerprint density at radius 2 is 2.25 bits per heavy atom. The molecule has 1 aromatic heterocycles. The third-order valence-electron chi connectivity index (χ3n) is 2.13. The number of aromatic hydroxyl groups is 1. The molecule has 0 aliphatic carbocycles. The van der Waals surface area contributed by atoms with Crippen LogP contribution in [0.15, 0.2) is 22.7 Å². The molecule has 1 atom stereocenters. The lowest BCUT2D eigenvalue weighted by molar-refractivity contribution is 0.477. The second-order valence-electron chi connectivity index (χ2n) is 3.49. The number of phenols is 1. The van der Waals surface area contributed by atoms with Crippen LogP contribution in [-0.2, 0) is 0 Å². The maximum absolute atomic E-state index is 9.69. The van der Waals surface area contributed by atoms with E-state index in [4.69, 9.17) is 5.73 Å². The van der Waals surface area contributed by atoms with Crippen LogP contribution >= 0.6 is 15.9 Å². The first-order valence-corrected chi connectivity index (χ1v) is 5.54. The number of aromatic amines is 1. The minimum absolute atomic E-state index is 0.137. The lowest BCUT2D eigenvalue weighted by atomic mass is 10.2. The van der Waals surface area contributed by atoms with Crippen molar-refractivity contribution < 1.29 is 5.11 Å². The summed E-state index contributed by atoms with van der Waals surface area (Å²) in [7, 11) is 0. The number of benzene rings is 1. The van der Waals surface area contributed by atoms with Gasteiger partial charge in [0, 0.05) is 4.47 Å². The molecule has 0 bridgehead atoms. The van der Waals surface area contributed by atoms with E-state index in [2.05, 4.69) is 31.1 Å². The number of phenolic OH excluding ortho intramolecular Hbond substituents is 1. The minimum Gasteiger partial charge on any atom is -0.507 e. The van der Waals surface area contributed by atoms with Crippen molar-refractivity contribution in [2.75, 3.05) is 0 Å². The fourth-order valence-corrected chi connectivity index (χ4v) is 1.65. The number of nitrogens with one attached hydrogen (secondary N) is 1. The molecule has 0 aliphatic heterocycles.